The number of aromatic carboxylic acids is 4. The van der Waals surface area contributed by atoms with E-state index >= 15 is 0 Å². The number of carboxylic acids is 4. The molecule has 18 heteroatoms. The molecule has 6 N–H and O–H groups in total. The molecule has 238 valence electrons. The van der Waals surface area contributed by atoms with Gasteiger partial charge in [0.05, 0.1) is 33.6 Å². The third kappa shape index (κ3) is 6.33. The SMILES string of the molecule is Cc1nn(-c2cc(C(=O)O)cc(C(=O)O)c2)c(N)c1N=Nc1sc(N=Nc2cc(C(=O)O)ccc2C(=O)O)c(-c2cccnc2)c1C#N. The second kappa shape index (κ2) is 13.1. The number of pyridine rings is 1. The van der Waals surface area contributed by atoms with Crippen molar-refractivity contribution in [3.63, 3.8) is 0 Å². The molecule has 0 aliphatic heterocycles. The number of hydrogen-bond acceptors (Lipinski definition) is 13. The molecule has 5 rings (SSSR count). The van der Waals surface area contributed by atoms with Crippen LogP contribution in [0.5, 0.6) is 0 Å². The molecular weight excluding hydrogens is 646 g/mol. The predicted octanol–water partition coefficient (Wildman–Crippen LogP) is 6.38. The fraction of sp³-hybridized carbons (Fsp3) is 0.0333. The zero-order chi connectivity index (χ0) is 34.7. The van der Waals surface area contributed by atoms with Crippen molar-refractivity contribution >= 4 is 62.4 Å². The third-order valence-electron chi connectivity index (χ3n) is 6.62. The van der Waals surface area contributed by atoms with Gasteiger partial charge < -0.3 is 26.2 Å². The molecule has 17 nitrogen and oxygen atoms in total. The Hall–Kier alpha value is -7.13. The molecule has 0 bridgehead atoms. The Labute approximate surface area is 272 Å². The molecule has 5 aromatic rings. The minimum atomic E-state index is -1.37. The van der Waals surface area contributed by atoms with Gasteiger partial charge in [0.15, 0.2) is 16.5 Å². The largest absolute Gasteiger partial charge is 0.478 e. The van der Waals surface area contributed by atoms with Crippen molar-refractivity contribution in [1.29, 1.82) is 5.26 Å². The predicted molar refractivity (Wildman–Crippen MR) is 168 cm³/mol. The molecule has 3 heterocycles. The molecule has 0 aliphatic rings. The van der Waals surface area contributed by atoms with E-state index in [-0.39, 0.29) is 72.0 Å². The van der Waals surface area contributed by atoms with Gasteiger partial charge >= 0.3 is 23.9 Å². The molecule has 3 aromatic heterocycles. The van der Waals surface area contributed by atoms with Crippen molar-refractivity contribution in [2.45, 2.75) is 6.92 Å². The van der Waals surface area contributed by atoms with Gasteiger partial charge in [0.2, 0.25) is 0 Å². The molecule has 0 atom stereocenters. The second-order valence-corrected chi connectivity index (χ2v) is 10.6. The first-order valence-corrected chi connectivity index (χ1v) is 14.1. The maximum absolute atomic E-state index is 11.8. The minimum Gasteiger partial charge on any atom is -0.478 e. The number of thiophene rings is 1. The number of nitrogen functional groups attached to an aromatic ring is 1. The lowest BCUT2D eigenvalue weighted by Gasteiger charge is -2.07. The first kappa shape index (κ1) is 32.3. The summed E-state index contributed by atoms with van der Waals surface area (Å²) in [5.74, 6) is -5.52. The molecule has 0 amide bonds. The average Bonchev–Trinajstić information content (AvgIpc) is 3.57. The van der Waals surface area contributed by atoms with Crippen LogP contribution in [-0.2, 0) is 0 Å². The summed E-state index contributed by atoms with van der Waals surface area (Å²) >= 11 is 0.861. The second-order valence-electron chi connectivity index (χ2n) is 9.67. The third-order valence-corrected chi connectivity index (χ3v) is 7.58. The number of benzene rings is 2. The summed E-state index contributed by atoms with van der Waals surface area (Å²) in [6.07, 6.45) is 2.97. The van der Waals surface area contributed by atoms with Crippen molar-refractivity contribution in [2.24, 2.45) is 20.5 Å². The topological polar surface area (TPSA) is 279 Å². The summed E-state index contributed by atoms with van der Waals surface area (Å²) in [5, 5.41) is 69.0. The summed E-state index contributed by atoms with van der Waals surface area (Å²) < 4.78 is 1.11. The fourth-order valence-electron chi connectivity index (χ4n) is 4.39. The molecule has 48 heavy (non-hydrogen) atoms. The van der Waals surface area contributed by atoms with E-state index in [1.807, 2.05) is 0 Å². The number of aromatic nitrogens is 3. The van der Waals surface area contributed by atoms with Crippen LogP contribution in [0.3, 0.4) is 0 Å². The Morgan fingerprint density at radius 3 is 2.10 bits per heavy atom. The van der Waals surface area contributed by atoms with Gasteiger partial charge in [-0.25, -0.2) is 23.9 Å². The number of nitrogens with zero attached hydrogens (tertiary/aromatic N) is 8. The van der Waals surface area contributed by atoms with Gasteiger partial charge in [-0.1, -0.05) is 17.4 Å². The standard InChI is InChI=1S/C30H19N9O8S/c1-13-23(24(32)39(38-13)18-8-16(28(42)43)7-17(9-18)29(44)45)35-36-25-20(11-31)22(15-3-2-6-33-12-15)26(48-25)37-34-21-10-14(27(40)41)4-5-19(21)30(46)47/h2-10,12H,32H2,1H3,(H,40,41)(H,42,43)(H,44,45)(H,46,47). The highest BCUT2D eigenvalue weighted by Crippen LogP contribution is 2.48. The van der Waals surface area contributed by atoms with E-state index in [1.54, 1.807) is 12.1 Å². The van der Waals surface area contributed by atoms with Gasteiger partial charge in [-0.05, 0) is 49.4 Å². The van der Waals surface area contributed by atoms with Gasteiger partial charge in [0.1, 0.15) is 22.3 Å². The number of aryl methyl sites for hydroxylation is 1. The van der Waals surface area contributed by atoms with Crippen LogP contribution in [0.2, 0.25) is 0 Å². The van der Waals surface area contributed by atoms with Crippen LogP contribution >= 0.6 is 11.3 Å². The first-order chi connectivity index (χ1) is 22.9. The lowest BCUT2D eigenvalue weighted by atomic mass is 10.1. The first-order valence-electron chi connectivity index (χ1n) is 13.3. The van der Waals surface area contributed by atoms with Crippen LogP contribution in [0.1, 0.15) is 52.7 Å². The summed E-state index contributed by atoms with van der Waals surface area (Å²) in [6.45, 7) is 1.53. The number of azo groups is 2. The van der Waals surface area contributed by atoms with Gasteiger partial charge in [0, 0.05) is 23.5 Å². The molecule has 0 radical (unpaired) electrons. The molecule has 0 unspecified atom stereocenters. The minimum absolute atomic E-state index is 0.00678. The summed E-state index contributed by atoms with van der Waals surface area (Å²) in [6, 6.07) is 11.9. The van der Waals surface area contributed by atoms with E-state index in [1.165, 1.54) is 31.5 Å². The Morgan fingerprint density at radius 1 is 0.854 bits per heavy atom. The highest BCUT2D eigenvalue weighted by Gasteiger charge is 2.23. The van der Waals surface area contributed by atoms with Crippen LogP contribution < -0.4 is 5.73 Å². The van der Waals surface area contributed by atoms with E-state index in [0.29, 0.717) is 5.56 Å². The van der Waals surface area contributed by atoms with Gasteiger partial charge in [-0.2, -0.15) is 10.4 Å². The highest BCUT2D eigenvalue weighted by atomic mass is 32.1. The van der Waals surface area contributed by atoms with E-state index < -0.39 is 23.9 Å². The van der Waals surface area contributed by atoms with Crippen LogP contribution in [0, 0.1) is 18.3 Å². The molecule has 0 spiro atoms. The number of hydrogen-bond donors (Lipinski definition) is 5. The molecular formula is C30H19N9O8S. The molecule has 2 aromatic carbocycles. The number of carbonyl (C=O) groups is 4. The zero-order valence-corrected chi connectivity index (χ0v) is 25.1. The van der Waals surface area contributed by atoms with Crippen molar-refractivity contribution in [1.82, 2.24) is 14.8 Å². The van der Waals surface area contributed by atoms with Crippen LogP contribution in [-0.4, -0.2) is 59.1 Å². The lowest BCUT2D eigenvalue weighted by molar-refractivity contribution is 0.0681. The number of anilines is 1. The molecule has 0 saturated carbocycles. The maximum Gasteiger partial charge on any atom is 0.337 e. The maximum atomic E-state index is 11.8. The Kier molecular flexibility index (Phi) is 8.79. The van der Waals surface area contributed by atoms with E-state index in [2.05, 4.69) is 36.6 Å². The van der Waals surface area contributed by atoms with Gasteiger partial charge in [-0.15, -0.1) is 20.5 Å². The summed E-state index contributed by atoms with van der Waals surface area (Å²) in [5.41, 5.74) is 5.89. The molecule has 0 saturated heterocycles. The number of nitriles is 1. The van der Waals surface area contributed by atoms with Crippen molar-refractivity contribution in [3.05, 3.63) is 94.4 Å². The quantitative estimate of drug-likeness (QED) is 0.102. The van der Waals surface area contributed by atoms with Gasteiger partial charge in [-0.3, -0.25) is 4.98 Å². The summed E-state index contributed by atoms with van der Waals surface area (Å²) in [4.78, 5) is 50.6. The zero-order valence-electron chi connectivity index (χ0n) is 24.3. The number of nitrogens with two attached hydrogens (primary N) is 1. The van der Waals surface area contributed by atoms with Crippen LogP contribution in [0.25, 0.3) is 16.8 Å². The molecule has 0 fully saturated rings. The van der Waals surface area contributed by atoms with Gasteiger partial charge in [0.25, 0.3) is 0 Å². The van der Waals surface area contributed by atoms with Crippen molar-refractivity contribution in [2.75, 3.05) is 5.73 Å². The Morgan fingerprint density at radius 2 is 1.52 bits per heavy atom. The Bertz CT molecular complexity index is 2220. The Balaban J connectivity index is 1.62. The monoisotopic (exact) mass is 665 g/mol. The smallest absolute Gasteiger partial charge is 0.337 e. The van der Waals surface area contributed by atoms with Crippen LogP contribution in [0.4, 0.5) is 27.2 Å². The van der Waals surface area contributed by atoms with E-state index in [9.17, 15) is 44.9 Å². The lowest BCUT2D eigenvalue weighted by Crippen LogP contribution is -2.08. The van der Waals surface area contributed by atoms with Crippen molar-refractivity contribution < 1.29 is 39.6 Å². The number of rotatable bonds is 10. The van der Waals surface area contributed by atoms with Crippen molar-refractivity contribution in [3.8, 4) is 22.9 Å². The molecule has 0 aliphatic carbocycles. The fourth-order valence-corrected chi connectivity index (χ4v) is 5.31. The van der Waals surface area contributed by atoms with Crippen LogP contribution in [0.15, 0.2) is 81.4 Å². The normalized spacial score (nSPS) is 11.2. The average molecular weight is 666 g/mol. The van der Waals surface area contributed by atoms with E-state index in [4.69, 9.17) is 5.73 Å². The summed E-state index contributed by atoms with van der Waals surface area (Å²) in [7, 11) is 0. The number of carboxylic acid groups (broad SMARTS) is 4. The van der Waals surface area contributed by atoms with E-state index in [0.717, 1.165) is 40.3 Å². The highest BCUT2D eigenvalue weighted by molar-refractivity contribution is 7.20.